The Balaban J connectivity index is 1.97. The second-order valence-electron chi connectivity index (χ2n) is 4.63. The Morgan fingerprint density at radius 2 is 2.00 bits per heavy atom. The fourth-order valence-electron chi connectivity index (χ4n) is 2.08. The first-order valence-electron chi connectivity index (χ1n) is 6.37. The van der Waals surface area contributed by atoms with Gasteiger partial charge in [-0.2, -0.15) is 0 Å². The van der Waals surface area contributed by atoms with Crippen LogP contribution in [-0.2, 0) is 9.53 Å². The fourth-order valence-corrected chi connectivity index (χ4v) is 2.08. The predicted molar refractivity (Wildman–Crippen MR) is 71.7 cm³/mol. The van der Waals surface area contributed by atoms with E-state index >= 15 is 0 Å². The SMILES string of the molecule is Cc1ccccc1NC(=O)C(C)N1CCOCC1. The van der Waals surface area contributed by atoms with Gasteiger partial charge >= 0.3 is 0 Å². The molecule has 1 amide bonds. The summed E-state index contributed by atoms with van der Waals surface area (Å²) < 4.78 is 5.29. The predicted octanol–water partition coefficient (Wildman–Crippen LogP) is 1.65. The van der Waals surface area contributed by atoms with E-state index < -0.39 is 0 Å². The molecule has 0 aromatic heterocycles. The van der Waals surface area contributed by atoms with Gasteiger partial charge in [0.25, 0.3) is 0 Å². The molecule has 1 aliphatic heterocycles. The number of rotatable bonds is 3. The summed E-state index contributed by atoms with van der Waals surface area (Å²) in [6.07, 6.45) is 0. The molecule has 1 N–H and O–H groups in total. The highest BCUT2D eigenvalue weighted by molar-refractivity contribution is 5.95. The van der Waals surface area contributed by atoms with Crippen molar-refractivity contribution in [2.24, 2.45) is 0 Å². The maximum atomic E-state index is 12.2. The van der Waals surface area contributed by atoms with Crippen molar-refractivity contribution in [3.8, 4) is 0 Å². The number of carbonyl (C=O) groups is 1. The molecule has 2 rings (SSSR count). The number of nitrogens with zero attached hydrogens (tertiary/aromatic N) is 1. The molecule has 1 saturated heterocycles. The molecule has 4 heteroatoms. The van der Waals surface area contributed by atoms with Crippen molar-refractivity contribution in [1.82, 2.24) is 4.90 Å². The van der Waals surface area contributed by atoms with E-state index in [2.05, 4.69) is 10.2 Å². The Hall–Kier alpha value is -1.39. The maximum Gasteiger partial charge on any atom is 0.241 e. The first-order valence-corrected chi connectivity index (χ1v) is 6.37. The molecule has 0 aliphatic carbocycles. The van der Waals surface area contributed by atoms with Crippen molar-refractivity contribution in [3.63, 3.8) is 0 Å². The molecule has 1 heterocycles. The van der Waals surface area contributed by atoms with Crippen molar-refractivity contribution in [2.45, 2.75) is 19.9 Å². The maximum absolute atomic E-state index is 12.2. The third-order valence-corrected chi connectivity index (χ3v) is 3.38. The monoisotopic (exact) mass is 248 g/mol. The van der Waals surface area contributed by atoms with Crippen LogP contribution in [0.5, 0.6) is 0 Å². The van der Waals surface area contributed by atoms with Crippen LogP contribution < -0.4 is 5.32 Å². The molecule has 0 bridgehead atoms. The number of hydrogen-bond acceptors (Lipinski definition) is 3. The van der Waals surface area contributed by atoms with E-state index in [1.54, 1.807) is 0 Å². The van der Waals surface area contributed by atoms with Crippen molar-refractivity contribution in [2.75, 3.05) is 31.6 Å². The average Bonchev–Trinajstić information content (AvgIpc) is 2.41. The van der Waals surface area contributed by atoms with Crippen LogP contribution in [-0.4, -0.2) is 43.2 Å². The lowest BCUT2D eigenvalue weighted by molar-refractivity contribution is -0.122. The molecule has 98 valence electrons. The van der Waals surface area contributed by atoms with Gasteiger partial charge in [-0.1, -0.05) is 18.2 Å². The first kappa shape index (κ1) is 13.1. The van der Waals surface area contributed by atoms with Gasteiger partial charge < -0.3 is 10.1 Å². The van der Waals surface area contributed by atoms with Crippen LogP contribution in [0.25, 0.3) is 0 Å². The smallest absolute Gasteiger partial charge is 0.241 e. The van der Waals surface area contributed by atoms with Crippen molar-refractivity contribution in [3.05, 3.63) is 29.8 Å². The molecular formula is C14H20N2O2. The highest BCUT2D eigenvalue weighted by atomic mass is 16.5. The summed E-state index contributed by atoms with van der Waals surface area (Å²) in [5, 5.41) is 2.99. The lowest BCUT2D eigenvalue weighted by Gasteiger charge is -2.31. The van der Waals surface area contributed by atoms with E-state index in [-0.39, 0.29) is 11.9 Å². The van der Waals surface area contributed by atoms with E-state index in [9.17, 15) is 4.79 Å². The number of nitrogens with one attached hydrogen (secondary N) is 1. The van der Waals surface area contributed by atoms with E-state index in [1.165, 1.54) is 0 Å². The number of carbonyl (C=O) groups excluding carboxylic acids is 1. The standard InChI is InChI=1S/C14H20N2O2/c1-11-5-3-4-6-13(11)15-14(17)12(2)16-7-9-18-10-8-16/h3-6,12H,7-10H2,1-2H3,(H,15,17). The number of aryl methyl sites for hydroxylation is 1. The molecular weight excluding hydrogens is 228 g/mol. The van der Waals surface area contributed by atoms with Crippen LogP contribution in [0.2, 0.25) is 0 Å². The Bertz CT molecular complexity index is 414. The van der Waals surface area contributed by atoms with Gasteiger partial charge in [0, 0.05) is 18.8 Å². The quantitative estimate of drug-likeness (QED) is 0.884. The van der Waals surface area contributed by atoms with Gasteiger partial charge in [0.1, 0.15) is 0 Å². The minimum atomic E-state index is -0.117. The van der Waals surface area contributed by atoms with Crippen molar-refractivity contribution < 1.29 is 9.53 Å². The summed E-state index contributed by atoms with van der Waals surface area (Å²) in [7, 11) is 0. The molecule has 1 aromatic carbocycles. The summed E-state index contributed by atoms with van der Waals surface area (Å²) in [5.41, 5.74) is 1.97. The molecule has 18 heavy (non-hydrogen) atoms. The lowest BCUT2D eigenvalue weighted by atomic mass is 10.2. The van der Waals surface area contributed by atoms with Gasteiger partial charge in [0.05, 0.1) is 19.3 Å². The van der Waals surface area contributed by atoms with Gasteiger partial charge in [0.2, 0.25) is 5.91 Å². The summed E-state index contributed by atoms with van der Waals surface area (Å²) in [6.45, 7) is 7.00. The number of morpholine rings is 1. The minimum Gasteiger partial charge on any atom is -0.379 e. The molecule has 1 aliphatic rings. The van der Waals surface area contributed by atoms with E-state index in [0.717, 1.165) is 24.3 Å². The second kappa shape index (κ2) is 5.98. The van der Waals surface area contributed by atoms with Gasteiger partial charge in [-0.15, -0.1) is 0 Å². The van der Waals surface area contributed by atoms with E-state index in [0.29, 0.717) is 13.2 Å². The summed E-state index contributed by atoms with van der Waals surface area (Å²) in [5.74, 6) is 0.0474. The second-order valence-corrected chi connectivity index (χ2v) is 4.63. The van der Waals surface area contributed by atoms with Crippen LogP contribution >= 0.6 is 0 Å². The molecule has 1 aromatic rings. The van der Waals surface area contributed by atoms with Gasteiger partial charge in [-0.25, -0.2) is 0 Å². The summed E-state index contributed by atoms with van der Waals surface area (Å²) in [4.78, 5) is 14.3. The molecule has 0 saturated carbocycles. The van der Waals surface area contributed by atoms with Crippen LogP contribution in [0.4, 0.5) is 5.69 Å². The normalized spacial score (nSPS) is 18.3. The molecule has 1 atom stereocenters. The zero-order valence-electron chi connectivity index (χ0n) is 11.0. The molecule has 0 spiro atoms. The Labute approximate surface area is 108 Å². The van der Waals surface area contributed by atoms with E-state index in [1.807, 2.05) is 38.1 Å². The Morgan fingerprint density at radius 1 is 1.33 bits per heavy atom. The molecule has 0 radical (unpaired) electrons. The van der Waals surface area contributed by atoms with Crippen LogP contribution in [0.15, 0.2) is 24.3 Å². The number of para-hydroxylation sites is 1. The fraction of sp³-hybridized carbons (Fsp3) is 0.500. The van der Waals surface area contributed by atoms with Gasteiger partial charge in [-0.05, 0) is 25.5 Å². The third-order valence-electron chi connectivity index (χ3n) is 3.38. The van der Waals surface area contributed by atoms with Crippen LogP contribution in [0.1, 0.15) is 12.5 Å². The number of anilines is 1. The minimum absolute atomic E-state index is 0.0474. The highest BCUT2D eigenvalue weighted by Crippen LogP contribution is 2.14. The third kappa shape index (κ3) is 3.09. The average molecular weight is 248 g/mol. The van der Waals surface area contributed by atoms with Crippen LogP contribution in [0.3, 0.4) is 0 Å². The van der Waals surface area contributed by atoms with Gasteiger partial charge in [-0.3, -0.25) is 9.69 Å². The van der Waals surface area contributed by atoms with Crippen LogP contribution in [0, 0.1) is 6.92 Å². The number of benzene rings is 1. The highest BCUT2D eigenvalue weighted by Gasteiger charge is 2.23. The largest absolute Gasteiger partial charge is 0.379 e. The zero-order chi connectivity index (χ0) is 13.0. The summed E-state index contributed by atoms with van der Waals surface area (Å²) >= 11 is 0. The van der Waals surface area contributed by atoms with E-state index in [4.69, 9.17) is 4.74 Å². The first-order chi connectivity index (χ1) is 8.68. The number of hydrogen-bond donors (Lipinski definition) is 1. The molecule has 1 fully saturated rings. The Morgan fingerprint density at radius 3 is 2.67 bits per heavy atom. The number of ether oxygens (including phenoxy) is 1. The van der Waals surface area contributed by atoms with Gasteiger partial charge in [0.15, 0.2) is 0 Å². The van der Waals surface area contributed by atoms with Crippen molar-refractivity contribution >= 4 is 11.6 Å². The summed E-state index contributed by atoms with van der Waals surface area (Å²) in [6, 6.07) is 7.71. The Kier molecular flexibility index (Phi) is 4.33. The molecule has 1 unspecified atom stereocenters. The topological polar surface area (TPSA) is 41.6 Å². The molecule has 4 nitrogen and oxygen atoms in total. The number of amides is 1. The van der Waals surface area contributed by atoms with Crippen molar-refractivity contribution in [1.29, 1.82) is 0 Å². The lowest BCUT2D eigenvalue weighted by Crippen LogP contribution is -2.47. The zero-order valence-corrected chi connectivity index (χ0v) is 11.0.